The van der Waals surface area contributed by atoms with Gasteiger partial charge < -0.3 is 5.32 Å². The zero-order valence-corrected chi connectivity index (χ0v) is 13.5. The highest BCUT2D eigenvalue weighted by atomic mass is 35.5. The summed E-state index contributed by atoms with van der Waals surface area (Å²) >= 11 is 12.2. The van der Waals surface area contributed by atoms with E-state index in [0.29, 0.717) is 10.0 Å². The lowest BCUT2D eigenvalue weighted by Gasteiger charge is -2.24. The molecule has 0 heterocycles. The molecular weight excluding hydrogens is 308 g/mol. The fraction of sp³-hybridized carbons (Fsp3) is 0.294. The molecule has 0 aliphatic carbocycles. The molecule has 0 aliphatic rings. The van der Waals surface area contributed by atoms with Crippen molar-refractivity contribution < 1.29 is 4.39 Å². The third kappa shape index (κ3) is 4.19. The van der Waals surface area contributed by atoms with E-state index in [4.69, 9.17) is 23.2 Å². The predicted molar refractivity (Wildman–Crippen MR) is 87.4 cm³/mol. The summed E-state index contributed by atoms with van der Waals surface area (Å²) in [6.45, 7) is 4.10. The second-order valence-corrected chi connectivity index (χ2v) is 5.91. The molecule has 0 spiro atoms. The van der Waals surface area contributed by atoms with Gasteiger partial charge in [0.05, 0.1) is 0 Å². The smallest absolute Gasteiger partial charge is 0.123 e. The molecule has 2 unspecified atom stereocenters. The van der Waals surface area contributed by atoms with Gasteiger partial charge in [-0.15, -0.1) is 0 Å². The standard InChI is InChI=1S/C17H18Cl2FN/c1-3-17(15-8-7-13(18)10-16(15)19)21-11(2)12-5-4-6-14(20)9-12/h4-11,17,21H,3H2,1-2H3. The van der Waals surface area contributed by atoms with Crippen LogP contribution in [0.5, 0.6) is 0 Å². The van der Waals surface area contributed by atoms with Crippen molar-refractivity contribution in [2.24, 2.45) is 0 Å². The molecule has 112 valence electrons. The summed E-state index contributed by atoms with van der Waals surface area (Å²) in [5.74, 6) is -0.223. The molecule has 2 atom stereocenters. The molecule has 4 heteroatoms. The maximum absolute atomic E-state index is 13.3. The molecule has 1 N–H and O–H groups in total. The highest BCUT2D eigenvalue weighted by Gasteiger charge is 2.16. The number of halogens is 3. The Labute approximate surface area is 135 Å². The topological polar surface area (TPSA) is 12.0 Å². The van der Waals surface area contributed by atoms with Crippen molar-refractivity contribution in [1.29, 1.82) is 0 Å². The van der Waals surface area contributed by atoms with Crippen LogP contribution < -0.4 is 5.32 Å². The monoisotopic (exact) mass is 325 g/mol. The van der Waals surface area contributed by atoms with Gasteiger partial charge in [0.15, 0.2) is 0 Å². The maximum Gasteiger partial charge on any atom is 0.123 e. The highest BCUT2D eigenvalue weighted by Crippen LogP contribution is 2.30. The van der Waals surface area contributed by atoms with E-state index >= 15 is 0 Å². The van der Waals surface area contributed by atoms with Crippen LogP contribution in [0.3, 0.4) is 0 Å². The molecule has 0 fully saturated rings. The van der Waals surface area contributed by atoms with E-state index in [-0.39, 0.29) is 17.9 Å². The Kier molecular flexibility index (Phi) is 5.63. The minimum Gasteiger partial charge on any atom is -0.303 e. The minimum absolute atomic E-state index is 0.0254. The van der Waals surface area contributed by atoms with Crippen LogP contribution >= 0.6 is 23.2 Å². The largest absolute Gasteiger partial charge is 0.303 e. The molecular formula is C17H18Cl2FN. The van der Waals surface area contributed by atoms with E-state index in [0.717, 1.165) is 17.5 Å². The van der Waals surface area contributed by atoms with Gasteiger partial charge in [-0.2, -0.15) is 0 Å². The minimum atomic E-state index is -0.223. The van der Waals surface area contributed by atoms with Crippen LogP contribution in [-0.4, -0.2) is 0 Å². The summed E-state index contributed by atoms with van der Waals surface area (Å²) < 4.78 is 13.3. The quantitative estimate of drug-likeness (QED) is 0.717. The first kappa shape index (κ1) is 16.3. The second-order valence-electron chi connectivity index (χ2n) is 5.07. The Morgan fingerprint density at radius 1 is 1.14 bits per heavy atom. The molecule has 1 nitrogen and oxygen atoms in total. The van der Waals surface area contributed by atoms with Crippen LogP contribution in [0.1, 0.15) is 43.5 Å². The van der Waals surface area contributed by atoms with Crippen molar-refractivity contribution in [2.75, 3.05) is 0 Å². The molecule has 2 aromatic carbocycles. The zero-order chi connectivity index (χ0) is 15.4. The summed E-state index contributed by atoms with van der Waals surface area (Å²) in [7, 11) is 0. The Hall–Kier alpha value is -1.09. The van der Waals surface area contributed by atoms with Gasteiger partial charge in [-0.1, -0.05) is 48.3 Å². The first-order chi connectivity index (χ1) is 10.0. The first-order valence-electron chi connectivity index (χ1n) is 6.97. The molecule has 0 aliphatic heterocycles. The van der Waals surface area contributed by atoms with Gasteiger partial charge in [-0.05, 0) is 48.7 Å². The van der Waals surface area contributed by atoms with Gasteiger partial charge >= 0.3 is 0 Å². The Morgan fingerprint density at radius 2 is 1.90 bits per heavy atom. The van der Waals surface area contributed by atoms with Gasteiger partial charge in [0, 0.05) is 22.1 Å². The average Bonchev–Trinajstić information content (AvgIpc) is 2.45. The van der Waals surface area contributed by atoms with Crippen molar-refractivity contribution in [3.63, 3.8) is 0 Å². The first-order valence-corrected chi connectivity index (χ1v) is 7.73. The lowest BCUT2D eigenvalue weighted by atomic mass is 10.0. The lowest BCUT2D eigenvalue weighted by molar-refractivity contribution is 0.455. The van der Waals surface area contributed by atoms with E-state index in [1.807, 2.05) is 25.1 Å². The number of hydrogen-bond donors (Lipinski definition) is 1. The molecule has 21 heavy (non-hydrogen) atoms. The fourth-order valence-electron chi connectivity index (χ4n) is 2.39. The molecule has 0 radical (unpaired) electrons. The van der Waals surface area contributed by atoms with Crippen molar-refractivity contribution in [2.45, 2.75) is 32.4 Å². The van der Waals surface area contributed by atoms with Gasteiger partial charge in [-0.3, -0.25) is 0 Å². The summed E-state index contributed by atoms with van der Waals surface area (Å²) in [5, 5.41) is 4.76. The number of hydrogen-bond acceptors (Lipinski definition) is 1. The molecule has 0 saturated heterocycles. The van der Waals surface area contributed by atoms with E-state index in [2.05, 4.69) is 12.2 Å². The SMILES string of the molecule is CCC(NC(C)c1cccc(F)c1)c1ccc(Cl)cc1Cl. The van der Waals surface area contributed by atoms with Crippen molar-refractivity contribution >= 4 is 23.2 Å². The number of rotatable bonds is 5. The maximum atomic E-state index is 13.3. The van der Waals surface area contributed by atoms with E-state index in [1.54, 1.807) is 18.2 Å². The van der Waals surface area contributed by atoms with E-state index in [1.165, 1.54) is 6.07 Å². The van der Waals surface area contributed by atoms with Crippen molar-refractivity contribution in [3.05, 3.63) is 69.5 Å². The zero-order valence-electron chi connectivity index (χ0n) is 12.0. The Morgan fingerprint density at radius 3 is 2.52 bits per heavy atom. The van der Waals surface area contributed by atoms with Crippen LogP contribution in [0.2, 0.25) is 10.0 Å². The van der Waals surface area contributed by atoms with Gasteiger partial charge in [0.25, 0.3) is 0 Å². The van der Waals surface area contributed by atoms with E-state index < -0.39 is 0 Å². The van der Waals surface area contributed by atoms with Gasteiger partial charge in [0.2, 0.25) is 0 Å². The van der Waals surface area contributed by atoms with E-state index in [9.17, 15) is 4.39 Å². The van der Waals surface area contributed by atoms with Crippen LogP contribution in [-0.2, 0) is 0 Å². The summed E-state index contributed by atoms with van der Waals surface area (Å²) in [4.78, 5) is 0. The molecule has 0 bridgehead atoms. The molecule has 0 amide bonds. The van der Waals surface area contributed by atoms with Crippen LogP contribution in [0.4, 0.5) is 4.39 Å². The van der Waals surface area contributed by atoms with Crippen LogP contribution in [0.15, 0.2) is 42.5 Å². The summed E-state index contributed by atoms with van der Waals surface area (Å²) in [6.07, 6.45) is 0.876. The summed E-state index contributed by atoms with van der Waals surface area (Å²) in [6, 6.07) is 12.3. The normalized spacial score (nSPS) is 14.0. The molecule has 0 aromatic heterocycles. The Bertz CT molecular complexity index is 615. The van der Waals surface area contributed by atoms with Crippen LogP contribution in [0, 0.1) is 5.82 Å². The second kappa shape index (κ2) is 7.26. The number of nitrogens with one attached hydrogen (secondary N) is 1. The molecule has 2 aromatic rings. The molecule has 0 saturated carbocycles. The highest BCUT2D eigenvalue weighted by molar-refractivity contribution is 6.35. The Balaban J connectivity index is 2.18. The average molecular weight is 326 g/mol. The summed E-state index contributed by atoms with van der Waals surface area (Å²) in [5.41, 5.74) is 1.92. The van der Waals surface area contributed by atoms with Gasteiger partial charge in [-0.25, -0.2) is 4.39 Å². The number of benzene rings is 2. The fourth-order valence-corrected chi connectivity index (χ4v) is 2.93. The van der Waals surface area contributed by atoms with Crippen LogP contribution in [0.25, 0.3) is 0 Å². The predicted octanol–water partition coefficient (Wildman–Crippen LogP) is 5.93. The molecule has 2 rings (SSSR count). The lowest BCUT2D eigenvalue weighted by Crippen LogP contribution is -2.24. The third-order valence-electron chi connectivity index (χ3n) is 3.55. The van der Waals surface area contributed by atoms with Crippen molar-refractivity contribution in [3.8, 4) is 0 Å². The van der Waals surface area contributed by atoms with Gasteiger partial charge in [0.1, 0.15) is 5.82 Å². The third-order valence-corrected chi connectivity index (χ3v) is 4.11. The van der Waals surface area contributed by atoms with Crippen molar-refractivity contribution in [1.82, 2.24) is 5.32 Å².